The number of rotatable bonds is 8. The van der Waals surface area contributed by atoms with Crippen molar-refractivity contribution in [2.24, 2.45) is 0 Å². The second kappa shape index (κ2) is 10.1. The third-order valence-electron chi connectivity index (χ3n) is 4.33. The smallest absolute Gasteiger partial charge is 0.252 e. The predicted octanol–water partition coefficient (Wildman–Crippen LogP) is 5.16. The normalized spacial score (nSPS) is 11.6. The van der Waals surface area contributed by atoms with Gasteiger partial charge < -0.3 is 14.8 Å². The van der Waals surface area contributed by atoms with Gasteiger partial charge in [0.1, 0.15) is 0 Å². The Morgan fingerprint density at radius 2 is 1.90 bits per heavy atom. The summed E-state index contributed by atoms with van der Waals surface area (Å²) in [6, 6.07) is 18.5. The van der Waals surface area contributed by atoms with Gasteiger partial charge in [-0.2, -0.15) is 0 Å². The lowest BCUT2D eigenvalue weighted by Crippen LogP contribution is -2.30. The van der Waals surface area contributed by atoms with Gasteiger partial charge >= 0.3 is 0 Å². The standard InChI is InChI=1S/C23H23BrN2O3/c1-3-13-29-22-18(24)14-17(15-20(22)28-2)23(27)26-21(16-9-5-4-6-10-16)19-11-7-8-12-25-19/h4-12,14-15,21H,3,13H2,1-2H3,(H,26,27). The predicted molar refractivity (Wildman–Crippen MR) is 116 cm³/mol. The first-order chi connectivity index (χ1) is 14.1. The van der Waals surface area contributed by atoms with E-state index in [4.69, 9.17) is 9.47 Å². The van der Waals surface area contributed by atoms with Crippen LogP contribution in [0, 0.1) is 0 Å². The second-order valence-corrected chi connectivity index (χ2v) is 7.26. The van der Waals surface area contributed by atoms with Crippen LogP contribution in [0.4, 0.5) is 0 Å². The van der Waals surface area contributed by atoms with E-state index in [1.54, 1.807) is 25.4 Å². The molecule has 0 aliphatic rings. The third kappa shape index (κ3) is 5.15. The third-order valence-corrected chi connectivity index (χ3v) is 4.92. The van der Waals surface area contributed by atoms with Crippen LogP contribution in [0.1, 0.15) is 41.0 Å². The summed E-state index contributed by atoms with van der Waals surface area (Å²) in [6.45, 7) is 2.60. The molecule has 1 N–H and O–H groups in total. The van der Waals surface area contributed by atoms with Crippen LogP contribution in [0.5, 0.6) is 11.5 Å². The molecular formula is C23H23BrN2O3. The minimum Gasteiger partial charge on any atom is -0.493 e. The van der Waals surface area contributed by atoms with E-state index in [1.165, 1.54) is 0 Å². The van der Waals surface area contributed by atoms with Crippen molar-refractivity contribution in [3.63, 3.8) is 0 Å². The molecule has 29 heavy (non-hydrogen) atoms. The molecule has 0 saturated carbocycles. The fourth-order valence-corrected chi connectivity index (χ4v) is 3.49. The number of carbonyl (C=O) groups excluding carboxylic acids is 1. The van der Waals surface area contributed by atoms with E-state index >= 15 is 0 Å². The molecule has 3 aromatic rings. The van der Waals surface area contributed by atoms with Crippen molar-refractivity contribution in [1.29, 1.82) is 0 Å². The van der Waals surface area contributed by atoms with E-state index in [9.17, 15) is 4.79 Å². The number of hydrogen-bond donors (Lipinski definition) is 1. The van der Waals surface area contributed by atoms with Gasteiger partial charge in [-0.1, -0.05) is 43.3 Å². The highest BCUT2D eigenvalue weighted by molar-refractivity contribution is 9.10. The molecule has 0 aliphatic carbocycles. The average molecular weight is 455 g/mol. The van der Waals surface area contributed by atoms with Crippen molar-refractivity contribution in [1.82, 2.24) is 10.3 Å². The molecule has 0 radical (unpaired) electrons. The molecule has 1 aromatic heterocycles. The SMILES string of the molecule is CCCOc1c(Br)cc(C(=O)NC(c2ccccc2)c2ccccn2)cc1OC. The highest BCUT2D eigenvalue weighted by Crippen LogP contribution is 2.37. The van der Waals surface area contributed by atoms with E-state index < -0.39 is 0 Å². The van der Waals surface area contributed by atoms with Crippen molar-refractivity contribution >= 4 is 21.8 Å². The topological polar surface area (TPSA) is 60.5 Å². The van der Waals surface area contributed by atoms with Crippen molar-refractivity contribution in [3.8, 4) is 11.5 Å². The summed E-state index contributed by atoms with van der Waals surface area (Å²) >= 11 is 3.50. The number of pyridine rings is 1. The van der Waals surface area contributed by atoms with E-state index in [0.717, 1.165) is 17.7 Å². The number of aromatic nitrogens is 1. The Labute approximate surface area is 179 Å². The van der Waals surface area contributed by atoms with Crippen LogP contribution in [0.2, 0.25) is 0 Å². The summed E-state index contributed by atoms with van der Waals surface area (Å²) in [4.78, 5) is 17.5. The molecule has 1 unspecified atom stereocenters. The zero-order valence-corrected chi connectivity index (χ0v) is 18.0. The Morgan fingerprint density at radius 1 is 1.14 bits per heavy atom. The second-order valence-electron chi connectivity index (χ2n) is 6.41. The largest absolute Gasteiger partial charge is 0.493 e. The van der Waals surface area contributed by atoms with Gasteiger partial charge in [-0.15, -0.1) is 0 Å². The molecule has 1 heterocycles. The van der Waals surface area contributed by atoms with Crippen molar-refractivity contribution in [3.05, 3.63) is 88.2 Å². The van der Waals surface area contributed by atoms with E-state index in [-0.39, 0.29) is 11.9 Å². The molecule has 0 spiro atoms. The lowest BCUT2D eigenvalue weighted by Gasteiger charge is -2.20. The number of benzene rings is 2. The summed E-state index contributed by atoms with van der Waals surface area (Å²) in [5.41, 5.74) is 2.18. The van der Waals surface area contributed by atoms with E-state index in [1.807, 2.05) is 55.5 Å². The fourth-order valence-electron chi connectivity index (χ4n) is 2.93. The van der Waals surface area contributed by atoms with Crippen molar-refractivity contribution < 1.29 is 14.3 Å². The molecule has 0 bridgehead atoms. The van der Waals surface area contributed by atoms with Gasteiger partial charge in [0.15, 0.2) is 11.5 Å². The molecule has 5 nitrogen and oxygen atoms in total. The average Bonchev–Trinajstić information content (AvgIpc) is 2.77. The lowest BCUT2D eigenvalue weighted by molar-refractivity contribution is 0.0941. The summed E-state index contributed by atoms with van der Waals surface area (Å²) < 4.78 is 11.9. The minimum absolute atomic E-state index is 0.231. The van der Waals surface area contributed by atoms with E-state index in [0.29, 0.717) is 28.1 Å². The Morgan fingerprint density at radius 3 is 2.55 bits per heavy atom. The first-order valence-corrected chi connectivity index (χ1v) is 10.2. The van der Waals surface area contributed by atoms with Crippen LogP contribution < -0.4 is 14.8 Å². The van der Waals surface area contributed by atoms with Crippen LogP contribution in [0.3, 0.4) is 0 Å². The number of hydrogen-bond acceptors (Lipinski definition) is 4. The first kappa shape index (κ1) is 20.9. The van der Waals surface area contributed by atoms with Crippen LogP contribution in [0.15, 0.2) is 71.3 Å². The fraction of sp³-hybridized carbons (Fsp3) is 0.217. The Kier molecular flexibility index (Phi) is 7.25. The quantitative estimate of drug-likeness (QED) is 0.510. The van der Waals surface area contributed by atoms with Gasteiger partial charge in [-0.25, -0.2) is 0 Å². The highest BCUT2D eigenvalue weighted by Gasteiger charge is 2.21. The van der Waals surface area contributed by atoms with Crippen LogP contribution in [0.25, 0.3) is 0 Å². The molecule has 2 aromatic carbocycles. The summed E-state index contributed by atoms with van der Waals surface area (Å²) in [7, 11) is 1.56. The Bertz CT molecular complexity index is 910. The number of halogens is 1. The number of nitrogens with one attached hydrogen (secondary N) is 1. The number of carbonyl (C=O) groups is 1. The summed E-state index contributed by atoms with van der Waals surface area (Å²) in [5.74, 6) is 0.868. The lowest BCUT2D eigenvalue weighted by atomic mass is 10.0. The zero-order chi connectivity index (χ0) is 20.6. The maximum atomic E-state index is 13.1. The molecule has 1 atom stereocenters. The first-order valence-electron chi connectivity index (χ1n) is 9.41. The zero-order valence-electron chi connectivity index (χ0n) is 16.4. The van der Waals surface area contributed by atoms with Gasteiger partial charge in [0.25, 0.3) is 5.91 Å². The van der Waals surface area contributed by atoms with Crippen LogP contribution in [-0.2, 0) is 0 Å². The monoisotopic (exact) mass is 454 g/mol. The van der Waals surface area contributed by atoms with Gasteiger partial charge in [-0.05, 0) is 52.2 Å². The molecule has 3 rings (SSSR count). The molecule has 0 saturated heterocycles. The minimum atomic E-state index is -0.370. The van der Waals surface area contributed by atoms with Crippen molar-refractivity contribution in [2.45, 2.75) is 19.4 Å². The molecule has 1 amide bonds. The number of nitrogens with zero attached hydrogens (tertiary/aromatic N) is 1. The molecule has 6 heteroatoms. The summed E-state index contributed by atoms with van der Waals surface area (Å²) in [5, 5.41) is 3.09. The molecular weight excluding hydrogens is 432 g/mol. The molecule has 0 aliphatic heterocycles. The van der Waals surface area contributed by atoms with E-state index in [2.05, 4.69) is 26.2 Å². The van der Waals surface area contributed by atoms with Gasteiger partial charge in [0, 0.05) is 11.8 Å². The van der Waals surface area contributed by atoms with Gasteiger partial charge in [0.2, 0.25) is 0 Å². The number of ether oxygens (including phenoxy) is 2. The Balaban J connectivity index is 1.91. The van der Waals surface area contributed by atoms with Crippen molar-refractivity contribution in [2.75, 3.05) is 13.7 Å². The maximum Gasteiger partial charge on any atom is 0.252 e. The van der Waals surface area contributed by atoms with Crippen LogP contribution >= 0.6 is 15.9 Å². The summed E-state index contributed by atoms with van der Waals surface area (Å²) in [6.07, 6.45) is 2.59. The van der Waals surface area contributed by atoms with Crippen LogP contribution in [-0.4, -0.2) is 24.6 Å². The highest BCUT2D eigenvalue weighted by atomic mass is 79.9. The van der Waals surface area contributed by atoms with Gasteiger partial charge in [-0.3, -0.25) is 9.78 Å². The number of methoxy groups -OCH3 is 1. The number of amides is 1. The molecule has 0 fully saturated rings. The maximum absolute atomic E-state index is 13.1. The van der Waals surface area contributed by atoms with Gasteiger partial charge in [0.05, 0.1) is 29.9 Å². The molecule has 150 valence electrons. The Hall–Kier alpha value is -2.86.